The van der Waals surface area contributed by atoms with E-state index in [9.17, 15) is 8.42 Å². The first kappa shape index (κ1) is 28.2. The number of H-pyrrole nitrogens is 1. The average Bonchev–Trinajstić information content (AvgIpc) is 3.33. The molecular weight excluding hydrogens is 520 g/mol. The predicted octanol–water partition coefficient (Wildman–Crippen LogP) is 5.86. The highest BCUT2D eigenvalue weighted by molar-refractivity contribution is 7.89. The number of likely N-dealkylation sites (tertiary alicyclic amines) is 1. The molecule has 1 saturated heterocycles. The fourth-order valence-corrected chi connectivity index (χ4v) is 6.68. The minimum absolute atomic E-state index is 0.212. The second-order valence-corrected chi connectivity index (χ2v) is 12.3. The van der Waals surface area contributed by atoms with Crippen LogP contribution in [0, 0.1) is 0 Å². The van der Waals surface area contributed by atoms with Crippen LogP contribution in [0.25, 0.3) is 11.3 Å². The summed E-state index contributed by atoms with van der Waals surface area (Å²) in [6, 6.07) is 20.3. The van der Waals surface area contributed by atoms with Crippen molar-refractivity contribution in [2.24, 2.45) is 0 Å². The van der Waals surface area contributed by atoms with Crippen LogP contribution in [0.5, 0.6) is 5.75 Å². The Balaban J connectivity index is 1.35. The summed E-state index contributed by atoms with van der Waals surface area (Å²) in [5.74, 6) is 0.626. The highest BCUT2D eigenvalue weighted by Gasteiger charge is 2.24. The van der Waals surface area contributed by atoms with Crippen LogP contribution in [0.3, 0.4) is 0 Å². The lowest BCUT2D eigenvalue weighted by Gasteiger charge is -2.30. The van der Waals surface area contributed by atoms with Crippen LogP contribution >= 0.6 is 0 Å². The van der Waals surface area contributed by atoms with Crippen LogP contribution in [0.15, 0.2) is 89.5 Å². The molecule has 2 aliphatic rings. The van der Waals surface area contributed by atoms with Gasteiger partial charge in [0, 0.05) is 55.4 Å². The Kier molecular flexibility index (Phi) is 9.09. The monoisotopic (exact) mass is 560 g/mol. The normalized spacial score (nSPS) is 18.4. The average molecular weight is 561 g/mol. The van der Waals surface area contributed by atoms with E-state index in [0.717, 1.165) is 55.1 Å². The fourth-order valence-electron chi connectivity index (χ4n) is 5.64. The van der Waals surface area contributed by atoms with Gasteiger partial charge in [-0.3, -0.25) is 4.90 Å². The first-order valence-electron chi connectivity index (χ1n) is 14.2. The molecule has 0 radical (unpaired) electrons. The van der Waals surface area contributed by atoms with Gasteiger partial charge in [-0.05, 0) is 67.8 Å². The molecule has 2 aromatic carbocycles. The van der Waals surface area contributed by atoms with Crippen molar-refractivity contribution in [2.75, 3.05) is 33.3 Å². The van der Waals surface area contributed by atoms with E-state index in [-0.39, 0.29) is 11.4 Å². The molecule has 0 spiro atoms. The Bertz CT molecular complexity index is 1450. The van der Waals surface area contributed by atoms with E-state index in [4.69, 9.17) is 4.74 Å². The number of ether oxygens (including phenoxy) is 1. The van der Waals surface area contributed by atoms with E-state index in [0.29, 0.717) is 11.8 Å². The van der Waals surface area contributed by atoms with Crippen LogP contribution in [-0.4, -0.2) is 56.5 Å². The largest absolute Gasteiger partial charge is 0.496 e. The van der Waals surface area contributed by atoms with Gasteiger partial charge in [0.1, 0.15) is 5.75 Å². The highest BCUT2D eigenvalue weighted by atomic mass is 32.2. The minimum Gasteiger partial charge on any atom is -0.496 e. The van der Waals surface area contributed by atoms with Gasteiger partial charge >= 0.3 is 0 Å². The van der Waals surface area contributed by atoms with E-state index in [1.165, 1.54) is 24.8 Å². The Morgan fingerprint density at radius 3 is 2.70 bits per heavy atom. The van der Waals surface area contributed by atoms with Crippen molar-refractivity contribution in [2.45, 2.75) is 50.1 Å². The molecule has 1 atom stereocenters. The van der Waals surface area contributed by atoms with Crippen LogP contribution in [0.4, 0.5) is 0 Å². The molecule has 5 rings (SSSR count). The van der Waals surface area contributed by atoms with Gasteiger partial charge in [-0.2, -0.15) is 0 Å². The van der Waals surface area contributed by atoms with Crippen molar-refractivity contribution < 1.29 is 13.2 Å². The summed E-state index contributed by atoms with van der Waals surface area (Å²) in [6.07, 6.45) is 10.9. The molecule has 3 heterocycles. The maximum atomic E-state index is 13.2. The molecule has 40 heavy (non-hydrogen) atoms. The quantitative estimate of drug-likeness (QED) is 0.325. The number of methoxy groups -OCH3 is 1. The SMILES string of the molecule is CCN1C=C(CNS(=O)(=O)c2ccc(OC)c(-c3ccc(CN4CCCCC[C@@H]4c4ccccc4)[nH]3)c2)C=CC1. The van der Waals surface area contributed by atoms with Gasteiger partial charge in [0.2, 0.25) is 10.0 Å². The standard InChI is InChI=1S/C32H40N4O3S/c1-3-35-19-10-11-25(23-35)22-33-40(37,38)28-16-18-32(39-2)29(21-28)30-17-15-27(34-30)24-36-20-9-5-8-14-31(36)26-12-6-4-7-13-26/h4,6-7,10-13,15-18,21,23,31,33-34H,3,5,8-9,14,19-20,22,24H2,1-2H3/t31-/m1/s1. The summed E-state index contributed by atoms with van der Waals surface area (Å²) < 4.78 is 34.9. The Morgan fingerprint density at radius 2 is 1.90 bits per heavy atom. The number of benzene rings is 2. The van der Waals surface area contributed by atoms with Crippen molar-refractivity contribution in [1.29, 1.82) is 0 Å². The zero-order valence-electron chi connectivity index (χ0n) is 23.5. The van der Waals surface area contributed by atoms with Gasteiger partial charge in [-0.25, -0.2) is 13.1 Å². The third kappa shape index (κ3) is 6.69. The van der Waals surface area contributed by atoms with Crippen molar-refractivity contribution in [3.63, 3.8) is 0 Å². The maximum Gasteiger partial charge on any atom is 0.240 e. The second-order valence-electron chi connectivity index (χ2n) is 10.5. The molecule has 7 nitrogen and oxygen atoms in total. The lowest BCUT2D eigenvalue weighted by molar-refractivity contribution is 0.190. The Hall–Kier alpha value is -3.33. The molecule has 0 unspecified atom stereocenters. The molecule has 2 aliphatic heterocycles. The third-order valence-corrected chi connectivity index (χ3v) is 9.23. The smallest absolute Gasteiger partial charge is 0.240 e. The van der Waals surface area contributed by atoms with Gasteiger partial charge in [0.05, 0.1) is 12.0 Å². The lowest BCUT2D eigenvalue weighted by atomic mass is 10.0. The number of likely N-dealkylation sites (N-methyl/N-ethyl adjacent to an activating group) is 1. The number of hydrogen-bond donors (Lipinski definition) is 2. The van der Waals surface area contributed by atoms with Gasteiger partial charge in [0.15, 0.2) is 0 Å². The molecule has 0 saturated carbocycles. The summed E-state index contributed by atoms with van der Waals surface area (Å²) in [6.45, 7) is 5.90. The van der Waals surface area contributed by atoms with Crippen LogP contribution in [0.2, 0.25) is 0 Å². The molecule has 0 aliphatic carbocycles. The van der Waals surface area contributed by atoms with Gasteiger partial charge in [-0.15, -0.1) is 0 Å². The number of rotatable bonds is 10. The van der Waals surface area contributed by atoms with E-state index in [2.05, 4.69) is 68.9 Å². The van der Waals surface area contributed by atoms with Crippen molar-refractivity contribution in [3.8, 4) is 17.0 Å². The Labute approximate surface area is 238 Å². The molecule has 8 heteroatoms. The summed E-state index contributed by atoms with van der Waals surface area (Å²) in [4.78, 5) is 8.48. The zero-order valence-corrected chi connectivity index (χ0v) is 24.3. The first-order valence-corrected chi connectivity index (χ1v) is 15.7. The van der Waals surface area contributed by atoms with Crippen LogP contribution in [-0.2, 0) is 16.6 Å². The fraction of sp³-hybridized carbons (Fsp3) is 0.375. The number of nitrogens with one attached hydrogen (secondary N) is 2. The van der Waals surface area contributed by atoms with Crippen molar-refractivity contribution >= 4 is 10.0 Å². The van der Waals surface area contributed by atoms with E-state index < -0.39 is 10.0 Å². The number of hydrogen-bond acceptors (Lipinski definition) is 5. The number of aromatic amines is 1. The van der Waals surface area contributed by atoms with E-state index in [1.807, 2.05) is 18.3 Å². The van der Waals surface area contributed by atoms with Gasteiger partial charge in [-0.1, -0.05) is 55.3 Å². The van der Waals surface area contributed by atoms with Crippen molar-refractivity contribution in [3.05, 3.63) is 95.8 Å². The highest BCUT2D eigenvalue weighted by Crippen LogP contribution is 2.34. The molecule has 0 bridgehead atoms. The molecule has 2 N–H and O–H groups in total. The second kappa shape index (κ2) is 12.9. The molecule has 212 valence electrons. The minimum atomic E-state index is -3.72. The third-order valence-electron chi connectivity index (χ3n) is 7.83. The predicted molar refractivity (Wildman–Crippen MR) is 161 cm³/mol. The first-order chi connectivity index (χ1) is 19.5. The number of aromatic nitrogens is 1. The van der Waals surface area contributed by atoms with E-state index in [1.54, 1.807) is 25.3 Å². The summed E-state index contributed by atoms with van der Waals surface area (Å²) >= 11 is 0. The number of nitrogens with zero attached hydrogens (tertiary/aromatic N) is 2. The summed E-state index contributed by atoms with van der Waals surface area (Å²) in [7, 11) is -2.11. The maximum absolute atomic E-state index is 13.2. The lowest BCUT2D eigenvalue weighted by Crippen LogP contribution is -2.28. The Morgan fingerprint density at radius 1 is 1.05 bits per heavy atom. The zero-order chi connectivity index (χ0) is 28.0. The molecule has 1 aromatic heterocycles. The van der Waals surface area contributed by atoms with E-state index >= 15 is 0 Å². The summed E-state index contributed by atoms with van der Waals surface area (Å²) in [5.41, 5.74) is 4.96. The summed E-state index contributed by atoms with van der Waals surface area (Å²) in [5, 5.41) is 0. The van der Waals surface area contributed by atoms with Crippen molar-refractivity contribution in [1.82, 2.24) is 19.5 Å². The van der Waals surface area contributed by atoms with Crippen LogP contribution < -0.4 is 9.46 Å². The number of sulfonamides is 1. The topological polar surface area (TPSA) is 77.7 Å². The molecule has 3 aromatic rings. The van der Waals surface area contributed by atoms with Gasteiger partial charge < -0.3 is 14.6 Å². The molecule has 0 amide bonds. The molecule has 1 fully saturated rings. The molecular formula is C32H40N4O3S. The van der Waals surface area contributed by atoms with Gasteiger partial charge in [0.25, 0.3) is 0 Å². The van der Waals surface area contributed by atoms with Crippen LogP contribution in [0.1, 0.15) is 49.9 Å².